The molecule has 0 spiro atoms. The minimum atomic E-state index is -5.26. The largest absolute Gasteiger partial charge is 0.508 e. The number of hydrogen-bond donors (Lipinski definition) is 3. The molecule has 1 saturated heterocycles. The van der Waals surface area contributed by atoms with E-state index in [9.17, 15) is 27.9 Å². The molecule has 0 unspecified atom stereocenters. The first kappa shape index (κ1) is 23.7. The smallest absolute Gasteiger partial charge is 0.490 e. The molecule has 1 aliphatic heterocycles. The van der Waals surface area contributed by atoms with Gasteiger partial charge in [0.2, 0.25) is 6.10 Å². The lowest BCUT2D eigenvalue weighted by atomic mass is 9.85. The summed E-state index contributed by atoms with van der Waals surface area (Å²) < 4.78 is 41.5. The van der Waals surface area contributed by atoms with Crippen LogP contribution in [0.1, 0.15) is 24.4 Å². The van der Waals surface area contributed by atoms with Crippen LogP contribution in [-0.2, 0) is 14.3 Å². The first-order chi connectivity index (χ1) is 13.5. The molecule has 1 aromatic carbocycles. The monoisotopic (exact) mass is 502 g/mol. The number of nitrogens with zero attached hydrogens (tertiary/aromatic N) is 1. The zero-order chi connectivity index (χ0) is 21.9. The van der Waals surface area contributed by atoms with Gasteiger partial charge in [0.05, 0.1) is 11.6 Å². The van der Waals surface area contributed by atoms with Crippen molar-refractivity contribution < 1.29 is 37.7 Å². The third-order valence-electron chi connectivity index (χ3n) is 4.71. The molecule has 1 heterocycles. The number of alkyl halides is 3. The van der Waals surface area contributed by atoms with Gasteiger partial charge in [0.25, 0.3) is 5.91 Å². The van der Waals surface area contributed by atoms with Crippen LogP contribution in [0.15, 0.2) is 16.6 Å². The highest BCUT2D eigenvalue weighted by Gasteiger charge is 2.44. The number of aliphatic hydroxyl groups is 1. The third kappa shape index (κ3) is 5.74. The molecule has 12 heteroatoms. The summed E-state index contributed by atoms with van der Waals surface area (Å²) >= 11 is 9.24. The highest BCUT2D eigenvalue weighted by molar-refractivity contribution is 9.10. The molecule has 29 heavy (non-hydrogen) atoms. The van der Waals surface area contributed by atoms with Crippen LogP contribution in [0.4, 0.5) is 13.2 Å². The maximum atomic E-state index is 12.3. The summed E-state index contributed by atoms with van der Waals surface area (Å²) in [6, 6.07) is 2.40. The molecule has 1 aromatic rings. The maximum absolute atomic E-state index is 12.3. The fourth-order valence-corrected chi connectivity index (χ4v) is 3.62. The normalized spacial score (nSPS) is 17.7. The summed E-state index contributed by atoms with van der Waals surface area (Å²) in [5.74, 6) is -3.62. The van der Waals surface area contributed by atoms with Crippen LogP contribution in [0.3, 0.4) is 0 Å². The Morgan fingerprint density at radius 2 is 1.93 bits per heavy atom. The number of rotatable bonds is 5. The van der Waals surface area contributed by atoms with Crippen LogP contribution in [0.2, 0.25) is 5.02 Å². The molecule has 0 aromatic heterocycles. The molecule has 7 nitrogen and oxygen atoms in total. The number of aromatic hydroxyl groups is 1. The molecule has 0 saturated carbocycles. The van der Waals surface area contributed by atoms with E-state index < -0.39 is 36.8 Å². The van der Waals surface area contributed by atoms with Crippen LogP contribution >= 0.6 is 27.5 Å². The van der Waals surface area contributed by atoms with Gasteiger partial charge in [-0.25, -0.2) is 4.79 Å². The van der Waals surface area contributed by atoms with Gasteiger partial charge in [-0.3, -0.25) is 4.79 Å². The summed E-state index contributed by atoms with van der Waals surface area (Å²) in [7, 11) is 0. The van der Waals surface area contributed by atoms with Crippen LogP contribution in [-0.4, -0.2) is 59.0 Å². The Kier molecular flexibility index (Phi) is 7.77. The second-order valence-electron chi connectivity index (χ2n) is 6.59. The van der Waals surface area contributed by atoms with E-state index in [1.165, 1.54) is 11.0 Å². The lowest BCUT2D eigenvalue weighted by molar-refractivity contribution is -0.208. The van der Waals surface area contributed by atoms with E-state index in [-0.39, 0.29) is 24.8 Å². The van der Waals surface area contributed by atoms with Crippen LogP contribution < -0.4 is 5.73 Å². The maximum Gasteiger partial charge on any atom is 0.490 e. The zero-order valence-electron chi connectivity index (χ0n) is 15.0. The van der Waals surface area contributed by atoms with Crippen molar-refractivity contribution >= 4 is 39.4 Å². The van der Waals surface area contributed by atoms with Crippen LogP contribution in [0.25, 0.3) is 0 Å². The van der Waals surface area contributed by atoms with Gasteiger partial charge >= 0.3 is 12.1 Å². The standard InChI is InChI=1S/C17H19BrClF3N2O5/c18-10-6-12(26)9(5-11(10)19)14(23)8-1-3-24(4-2-8)15(27)13(7-25)29-16(28)17(20,21)22/h5-6,8,13-14,25-26H,1-4,7,23H2/t13-,14-/m1/s1. The van der Waals surface area contributed by atoms with E-state index in [4.69, 9.17) is 22.4 Å². The van der Waals surface area contributed by atoms with E-state index in [1.807, 2.05) is 0 Å². The van der Waals surface area contributed by atoms with Gasteiger partial charge in [-0.2, -0.15) is 13.2 Å². The Bertz CT molecular complexity index is 772. The van der Waals surface area contributed by atoms with Crippen LogP contribution in [0, 0.1) is 5.92 Å². The van der Waals surface area contributed by atoms with Gasteiger partial charge in [-0.05, 0) is 46.8 Å². The lowest BCUT2D eigenvalue weighted by Crippen LogP contribution is -2.48. The van der Waals surface area contributed by atoms with Crippen molar-refractivity contribution in [1.82, 2.24) is 4.90 Å². The number of carbonyl (C=O) groups excluding carboxylic acids is 2. The highest BCUT2D eigenvalue weighted by Crippen LogP contribution is 2.38. The molecular weight excluding hydrogens is 485 g/mol. The number of phenolic OH excluding ortho intramolecular Hbond substituents is 1. The highest BCUT2D eigenvalue weighted by atomic mass is 79.9. The third-order valence-corrected chi connectivity index (χ3v) is 5.91. The van der Waals surface area contributed by atoms with Crippen LogP contribution in [0.5, 0.6) is 5.75 Å². The molecule has 1 aliphatic rings. The van der Waals surface area contributed by atoms with Crippen molar-refractivity contribution in [3.63, 3.8) is 0 Å². The molecule has 0 radical (unpaired) electrons. The number of hydrogen-bond acceptors (Lipinski definition) is 6. The van der Waals surface area contributed by atoms with Crippen molar-refractivity contribution in [3.05, 3.63) is 27.2 Å². The van der Waals surface area contributed by atoms with E-state index in [1.54, 1.807) is 6.07 Å². The number of aliphatic hydroxyl groups excluding tert-OH is 1. The Balaban J connectivity index is 1.99. The van der Waals surface area contributed by atoms with Crippen molar-refractivity contribution in [2.45, 2.75) is 31.2 Å². The molecular formula is C17H19BrClF3N2O5. The topological polar surface area (TPSA) is 113 Å². The average Bonchev–Trinajstić information content (AvgIpc) is 2.67. The van der Waals surface area contributed by atoms with Gasteiger partial charge in [-0.15, -0.1) is 0 Å². The van der Waals surface area contributed by atoms with Gasteiger partial charge in [0, 0.05) is 29.2 Å². The van der Waals surface area contributed by atoms with E-state index in [0.29, 0.717) is 27.9 Å². The summed E-state index contributed by atoms with van der Waals surface area (Å²) in [6.45, 7) is -0.782. The Hall–Kier alpha value is -1.56. The summed E-state index contributed by atoms with van der Waals surface area (Å²) in [4.78, 5) is 24.4. The Morgan fingerprint density at radius 1 is 1.34 bits per heavy atom. The van der Waals surface area contributed by atoms with Gasteiger partial charge in [0.15, 0.2) is 0 Å². The molecule has 2 rings (SSSR count). The molecule has 1 amide bonds. The number of esters is 1. The number of amides is 1. The predicted molar refractivity (Wildman–Crippen MR) is 100 cm³/mol. The fraction of sp³-hybridized carbons (Fsp3) is 0.529. The van der Waals surface area contributed by atoms with Crippen molar-refractivity contribution in [2.75, 3.05) is 19.7 Å². The molecule has 0 aliphatic carbocycles. The second kappa shape index (κ2) is 9.50. The minimum absolute atomic E-state index is 0.0355. The van der Waals surface area contributed by atoms with E-state index in [0.717, 1.165) is 0 Å². The molecule has 0 bridgehead atoms. The number of piperidine rings is 1. The van der Waals surface area contributed by atoms with E-state index in [2.05, 4.69) is 20.7 Å². The van der Waals surface area contributed by atoms with E-state index >= 15 is 0 Å². The Morgan fingerprint density at radius 3 is 2.45 bits per heavy atom. The van der Waals surface area contributed by atoms with Gasteiger partial charge in [0.1, 0.15) is 5.75 Å². The van der Waals surface area contributed by atoms with Crippen molar-refractivity contribution in [2.24, 2.45) is 11.7 Å². The number of halogens is 5. The average molecular weight is 504 g/mol. The number of nitrogens with two attached hydrogens (primary N) is 1. The lowest BCUT2D eigenvalue weighted by Gasteiger charge is -2.36. The number of benzene rings is 1. The second-order valence-corrected chi connectivity index (χ2v) is 7.85. The molecule has 162 valence electrons. The van der Waals surface area contributed by atoms with Crippen molar-refractivity contribution in [3.8, 4) is 5.75 Å². The molecule has 1 fully saturated rings. The SMILES string of the molecule is N[C@@H](c1cc(Cl)c(Br)cc1O)C1CCN(C(=O)[C@@H](CO)OC(=O)C(F)(F)F)CC1. The number of carbonyl (C=O) groups is 2. The number of phenols is 1. The fourth-order valence-electron chi connectivity index (χ4n) is 3.12. The summed E-state index contributed by atoms with van der Waals surface area (Å²) in [5.41, 5.74) is 6.68. The number of likely N-dealkylation sites (tertiary alicyclic amines) is 1. The first-order valence-electron chi connectivity index (χ1n) is 8.56. The van der Waals surface area contributed by atoms with Gasteiger partial charge < -0.3 is 25.6 Å². The Labute approximate surface area is 177 Å². The molecule has 2 atom stereocenters. The zero-order valence-corrected chi connectivity index (χ0v) is 17.3. The summed E-state index contributed by atoms with van der Waals surface area (Å²) in [5, 5.41) is 19.6. The minimum Gasteiger partial charge on any atom is -0.508 e. The van der Waals surface area contributed by atoms with Gasteiger partial charge in [-0.1, -0.05) is 11.6 Å². The van der Waals surface area contributed by atoms with Crippen molar-refractivity contribution in [1.29, 1.82) is 0 Å². The quantitative estimate of drug-likeness (QED) is 0.532. The number of ether oxygens (including phenoxy) is 1. The summed E-state index contributed by atoms with van der Waals surface area (Å²) in [6.07, 6.45) is -6.40. The predicted octanol–water partition coefficient (Wildman–Crippen LogP) is 2.51. The molecule has 4 N–H and O–H groups in total. The first-order valence-corrected chi connectivity index (χ1v) is 9.73.